The summed E-state index contributed by atoms with van der Waals surface area (Å²) in [5.74, 6) is 1.30. The van der Waals surface area contributed by atoms with Crippen molar-refractivity contribution in [1.82, 2.24) is 0 Å². The van der Waals surface area contributed by atoms with Gasteiger partial charge in [0.2, 0.25) is 4.71 Å². The molecule has 0 aliphatic carbocycles. The number of benzene rings is 1. The molecule has 0 aromatic heterocycles. The molecule has 2 unspecified atom stereocenters. The van der Waals surface area contributed by atoms with Gasteiger partial charge in [0.05, 0.1) is 13.7 Å². The second-order valence-electron chi connectivity index (χ2n) is 3.34. The summed E-state index contributed by atoms with van der Waals surface area (Å²) < 4.78 is 16.3. The van der Waals surface area contributed by atoms with Gasteiger partial charge in [-0.25, -0.2) is 0 Å². The van der Waals surface area contributed by atoms with Crippen molar-refractivity contribution in [3.63, 3.8) is 0 Å². The van der Waals surface area contributed by atoms with Crippen LogP contribution in [0.15, 0.2) is 24.3 Å². The summed E-state index contributed by atoms with van der Waals surface area (Å²) in [4.78, 5) is 2.01. The van der Waals surface area contributed by atoms with Crippen LogP contribution in [0.4, 0.5) is 5.69 Å². The summed E-state index contributed by atoms with van der Waals surface area (Å²) >= 11 is 4.95. The lowest BCUT2D eigenvalue weighted by Gasteiger charge is -2.15. The number of hydrogen-bond acceptors (Lipinski definition) is 3. The highest BCUT2D eigenvalue weighted by atomic mass is 35.5. The van der Waals surface area contributed by atoms with Gasteiger partial charge in [0.15, 0.2) is 5.88 Å². The van der Waals surface area contributed by atoms with Crippen LogP contribution in [0.5, 0.6) is 5.75 Å². The Morgan fingerprint density at radius 3 is 3.00 bits per heavy atom. The Kier molecular flexibility index (Phi) is 3.29. The lowest BCUT2D eigenvalue weighted by Crippen LogP contribution is -2.19. The highest BCUT2D eigenvalue weighted by molar-refractivity contribution is 7.93. The standard InChI is InChI=1S/C10H12ClNO2S/c1-14-9-4-2-3-8(5-9)12-6-10(11)15(13)7-12/h2-5,10H,6-7H2,1H3. The predicted octanol–water partition coefficient (Wildman–Crippen LogP) is 1.79. The third-order valence-corrected chi connectivity index (χ3v) is 4.37. The number of hydrogen-bond donors (Lipinski definition) is 0. The molecule has 1 heterocycles. The highest BCUT2D eigenvalue weighted by Gasteiger charge is 2.33. The number of methoxy groups -OCH3 is 1. The van der Waals surface area contributed by atoms with Gasteiger partial charge >= 0.3 is 0 Å². The van der Waals surface area contributed by atoms with Crippen molar-refractivity contribution in [2.24, 2.45) is 0 Å². The van der Waals surface area contributed by atoms with Crippen LogP contribution < -0.4 is 9.64 Å². The molecule has 0 bridgehead atoms. The van der Waals surface area contributed by atoms with Crippen LogP contribution in [0.2, 0.25) is 0 Å². The molecular weight excluding hydrogens is 234 g/mol. The van der Waals surface area contributed by atoms with Gasteiger partial charge in [-0.2, -0.15) is 0 Å². The van der Waals surface area contributed by atoms with Gasteiger partial charge in [-0.3, -0.25) is 0 Å². The van der Waals surface area contributed by atoms with Crippen molar-refractivity contribution in [2.75, 3.05) is 24.4 Å². The van der Waals surface area contributed by atoms with Gasteiger partial charge in [0.1, 0.15) is 5.75 Å². The molecule has 1 saturated heterocycles. The SMILES string of the molecule is COc1cccc(N2CC(Cl)[S+]([O-])C2)c1. The van der Waals surface area contributed by atoms with Gasteiger partial charge in [-0.05, 0) is 23.3 Å². The van der Waals surface area contributed by atoms with Crippen LogP contribution in [-0.4, -0.2) is 28.8 Å². The normalized spacial score (nSPS) is 25.7. The maximum atomic E-state index is 11.4. The van der Waals surface area contributed by atoms with E-state index in [-0.39, 0.29) is 4.71 Å². The Morgan fingerprint density at radius 2 is 2.40 bits per heavy atom. The quantitative estimate of drug-likeness (QED) is 0.589. The highest BCUT2D eigenvalue weighted by Crippen LogP contribution is 2.27. The van der Waals surface area contributed by atoms with Crippen LogP contribution in [0.25, 0.3) is 0 Å². The van der Waals surface area contributed by atoms with E-state index in [0.29, 0.717) is 12.4 Å². The molecular formula is C10H12ClNO2S. The molecule has 1 aliphatic rings. The van der Waals surface area contributed by atoms with Crippen molar-refractivity contribution in [3.8, 4) is 5.75 Å². The fourth-order valence-corrected chi connectivity index (χ4v) is 2.94. The molecule has 1 aliphatic heterocycles. The summed E-state index contributed by atoms with van der Waals surface area (Å²) in [6, 6.07) is 7.69. The zero-order valence-electron chi connectivity index (χ0n) is 8.35. The minimum absolute atomic E-state index is 0.267. The second kappa shape index (κ2) is 4.51. The number of nitrogens with zero attached hydrogens (tertiary/aromatic N) is 1. The van der Waals surface area contributed by atoms with Crippen LogP contribution in [0.1, 0.15) is 0 Å². The summed E-state index contributed by atoms with van der Waals surface area (Å²) in [5.41, 5.74) is 1.01. The van der Waals surface area contributed by atoms with E-state index < -0.39 is 11.2 Å². The first-order chi connectivity index (χ1) is 7.20. The molecule has 0 saturated carbocycles. The van der Waals surface area contributed by atoms with E-state index in [4.69, 9.17) is 16.3 Å². The molecule has 0 N–H and O–H groups in total. The van der Waals surface area contributed by atoms with E-state index >= 15 is 0 Å². The van der Waals surface area contributed by atoms with Gasteiger partial charge < -0.3 is 14.2 Å². The Balaban J connectivity index is 2.16. The molecule has 1 fully saturated rings. The van der Waals surface area contributed by atoms with Crippen LogP contribution in [0, 0.1) is 0 Å². The van der Waals surface area contributed by atoms with Crippen LogP contribution >= 0.6 is 11.6 Å². The molecule has 15 heavy (non-hydrogen) atoms. The number of rotatable bonds is 2. The van der Waals surface area contributed by atoms with E-state index in [0.717, 1.165) is 11.4 Å². The number of ether oxygens (including phenoxy) is 1. The predicted molar refractivity (Wildman–Crippen MR) is 63.0 cm³/mol. The van der Waals surface area contributed by atoms with E-state index in [1.165, 1.54) is 0 Å². The van der Waals surface area contributed by atoms with E-state index in [1.807, 2.05) is 29.2 Å². The van der Waals surface area contributed by atoms with E-state index in [2.05, 4.69) is 0 Å². The third-order valence-electron chi connectivity index (χ3n) is 2.35. The molecule has 5 heteroatoms. The number of anilines is 1. The zero-order valence-corrected chi connectivity index (χ0v) is 9.92. The molecule has 0 radical (unpaired) electrons. The molecule has 2 rings (SSSR count). The lowest BCUT2D eigenvalue weighted by atomic mass is 10.3. The van der Waals surface area contributed by atoms with Gasteiger partial charge in [0, 0.05) is 11.8 Å². The van der Waals surface area contributed by atoms with Crippen LogP contribution in [-0.2, 0) is 11.2 Å². The Morgan fingerprint density at radius 1 is 1.60 bits per heavy atom. The fourth-order valence-electron chi connectivity index (χ4n) is 1.53. The average molecular weight is 246 g/mol. The van der Waals surface area contributed by atoms with Gasteiger partial charge in [-0.1, -0.05) is 17.7 Å². The molecule has 3 nitrogen and oxygen atoms in total. The van der Waals surface area contributed by atoms with E-state index in [9.17, 15) is 4.55 Å². The van der Waals surface area contributed by atoms with Gasteiger partial charge in [-0.15, -0.1) is 0 Å². The second-order valence-corrected chi connectivity index (χ2v) is 5.72. The van der Waals surface area contributed by atoms with Crippen molar-refractivity contribution in [1.29, 1.82) is 0 Å². The first-order valence-electron chi connectivity index (χ1n) is 4.61. The smallest absolute Gasteiger partial charge is 0.207 e. The topological polar surface area (TPSA) is 35.5 Å². The summed E-state index contributed by atoms with van der Waals surface area (Å²) in [6.45, 7) is 0.626. The summed E-state index contributed by atoms with van der Waals surface area (Å²) in [5, 5.41) is 0. The first-order valence-corrected chi connectivity index (χ1v) is 6.43. The summed E-state index contributed by atoms with van der Waals surface area (Å²) in [6.07, 6.45) is 0. The lowest BCUT2D eigenvalue weighted by molar-refractivity contribution is 0.415. The maximum absolute atomic E-state index is 11.4. The molecule has 1 aromatic carbocycles. The average Bonchev–Trinajstić information content (AvgIpc) is 2.59. The van der Waals surface area contributed by atoms with Crippen molar-refractivity contribution in [3.05, 3.63) is 24.3 Å². The number of alkyl halides is 1. The van der Waals surface area contributed by atoms with Crippen molar-refractivity contribution < 1.29 is 9.29 Å². The maximum Gasteiger partial charge on any atom is 0.207 e. The fraction of sp³-hybridized carbons (Fsp3) is 0.400. The third kappa shape index (κ3) is 2.33. The van der Waals surface area contributed by atoms with E-state index in [1.54, 1.807) is 7.11 Å². The largest absolute Gasteiger partial charge is 0.614 e. The minimum Gasteiger partial charge on any atom is -0.614 e. The monoisotopic (exact) mass is 245 g/mol. The Bertz CT molecular complexity index is 340. The van der Waals surface area contributed by atoms with Crippen molar-refractivity contribution >= 4 is 28.5 Å². The molecule has 2 atom stereocenters. The molecule has 0 spiro atoms. The molecule has 1 aromatic rings. The Labute approximate surface area is 97.2 Å². The number of halogens is 1. The molecule has 82 valence electrons. The molecule has 0 amide bonds. The zero-order chi connectivity index (χ0) is 10.8. The Hall–Kier alpha value is -0.580. The first kappa shape index (κ1) is 10.9. The minimum atomic E-state index is -0.956. The van der Waals surface area contributed by atoms with Gasteiger partial charge in [0.25, 0.3) is 0 Å². The van der Waals surface area contributed by atoms with Crippen molar-refractivity contribution in [2.45, 2.75) is 4.71 Å². The summed E-state index contributed by atoms with van der Waals surface area (Å²) in [7, 11) is 1.63. The van der Waals surface area contributed by atoms with Crippen LogP contribution in [0.3, 0.4) is 0 Å².